The van der Waals surface area contributed by atoms with E-state index in [9.17, 15) is 20.0 Å². The van der Waals surface area contributed by atoms with Crippen LogP contribution in [0, 0.1) is 30.9 Å². The molecule has 0 aromatic heterocycles. The number of nitrogens with zero attached hydrogens (tertiary/aromatic N) is 2. The minimum atomic E-state index is -1.35. The van der Waals surface area contributed by atoms with E-state index in [0.717, 1.165) is 22.3 Å². The van der Waals surface area contributed by atoms with Crippen LogP contribution < -0.4 is 19.7 Å². The van der Waals surface area contributed by atoms with Crippen LogP contribution in [0.25, 0.3) is 0 Å². The number of phenols is 1. The third-order valence-electron chi connectivity index (χ3n) is 9.22. The van der Waals surface area contributed by atoms with Gasteiger partial charge in [0, 0.05) is 30.6 Å². The monoisotopic (exact) mass is 681 g/mol. The number of carbonyl (C=O) groups is 2. The molecule has 5 rings (SSSR count). The van der Waals surface area contributed by atoms with Gasteiger partial charge in [-0.3, -0.25) is 14.5 Å². The molecule has 262 valence electrons. The molecule has 50 heavy (non-hydrogen) atoms. The minimum absolute atomic E-state index is 0.116. The Balaban J connectivity index is 1.52. The number of aromatic hydroxyl groups is 1. The summed E-state index contributed by atoms with van der Waals surface area (Å²) in [6.07, 6.45) is 1.69. The maximum absolute atomic E-state index is 15.0. The van der Waals surface area contributed by atoms with Crippen molar-refractivity contribution in [1.82, 2.24) is 5.32 Å². The lowest BCUT2D eigenvalue weighted by Gasteiger charge is -2.41. The molecule has 0 radical (unpaired) electrons. The first-order chi connectivity index (χ1) is 24.0. The maximum atomic E-state index is 15.0. The van der Waals surface area contributed by atoms with Gasteiger partial charge in [-0.2, -0.15) is 0 Å². The first-order valence-electron chi connectivity index (χ1n) is 16.7. The summed E-state index contributed by atoms with van der Waals surface area (Å²) in [7, 11) is 0. The second kappa shape index (κ2) is 15.8. The molecule has 11 nitrogen and oxygen atoms in total. The second-order valence-electron chi connectivity index (χ2n) is 12.6. The van der Waals surface area contributed by atoms with Crippen molar-refractivity contribution in [3.63, 3.8) is 0 Å². The number of rotatable bonds is 14. The number of para-hydroxylation sites is 1. The number of anilines is 1. The van der Waals surface area contributed by atoms with Gasteiger partial charge in [-0.05, 0) is 92.6 Å². The standard InChI is InChI=1S/C39H43N3O8/c1-26-27(2)36-33(28(3)35(26)43)19-21-39(4,50-36)38(45)41(31-16-9-6-10-17-31)34(37(44)40-22-20-29-13-7-5-8-14-29)30-15-11-18-32(25-30)48-23-12-24-49-42(46)47/h5-11,13-18,25,34,43H,12,19-24H2,1-4H3,(H,40,44). The molecule has 2 atom stereocenters. The van der Waals surface area contributed by atoms with E-state index >= 15 is 4.79 Å². The predicted octanol–water partition coefficient (Wildman–Crippen LogP) is 6.51. The van der Waals surface area contributed by atoms with Crippen LogP contribution in [0.3, 0.4) is 0 Å². The normalized spacial score (nSPS) is 15.6. The number of nitrogens with one attached hydrogen (secondary N) is 1. The van der Waals surface area contributed by atoms with Crippen molar-refractivity contribution in [3.8, 4) is 17.2 Å². The van der Waals surface area contributed by atoms with E-state index in [-0.39, 0.29) is 31.3 Å². The van der Waals surface area contributed by atoms with E-state index in [2.05, 4.69) is 10.2 Å². The Kier molecular flexibility index (Phi) is 11.3. The summed E-state index contributed by atoms with van der Waals surface area (Å²) in [6, 6.07) is 24.7. The van der Waals surface area contributed by atoms with Crippen LogP contribution in [-0.2, 0) is 27.3 Å². The third kappa shape index (κ3) is 7.99. The van der Waals surface area contributed by atoms with Gasteiger partial charge in [0.25, 0.3) is 11.0 Å². The smallest absolute Gasteiger partial charge is 0.294 e. The molecule has 2 unspecified atom stereocenters. The molecule has 11 heteroatoms. The van der Waals surface area contributed by atoms with E-state index in [0.29, 0.717) is 54.1 Å². The molecule has 0 saturated carbocycles. The molecule has 1 heterocycles. The van der Waals surface area contributed by atoms with Crippen LogP contribution in [-0.4, -0.2) is 47.4 Å². The Labute approximate surface area is 291 Å². The Morgan fingerprint density at radius 2 is 1.68 bits per heavy atom. The zero-order chi connectivity index (χ0) is 35.8. The van der Waals surface area contributed by atoms with Gasteiger partial charge < -0.3 is 24.7 Å². The summed E-state index contributed by atoms with van der Waals surface area (Å²) >= 11 is 0. The van der Waals surface area contributed by atoms with Crippen molar-refractivity contribution < 1.29 is 34.1 Å². The molecule has 4 aromatic rings. The summed E-state index contributed by atoms with van der Waals surface area (Å²) in [6.45, 7) is 7.67. The van der Waals surface area contributed by atoms with E-state index in [1.54, 1.807) is 43.3 Å². The highest BCUT2D eigenvalue weighted by Crippen LogP contribution is 2.45. The van der Waals surface area contributed by atoms with Gasteiger partial charge in [-0.25, -0.2) is 0 Å². The zero-order valence-corrected chi connectivity index (χ0v) is 28.8. The van der Waals surface area contributed by atoms with Crippen molar-refractivity contribution >= 4 is 17.5 Å². The number of carbonyl (C=O) groups excluding carboxylic acids is 2. The van der Waals surface area contributed by atoms with Crippen molar-refractivity contribution in [3.05, 3.63) is 128 Å². The first kappa shape index (κ1) is 35.7. The Morgan fingerprint density at radius 1 is 0.980 bits per heavy atom. The molecule has 0 aliphatic carbocycles. The lowest BCUT2D eigenvalue weighted by atomic mass is 9.85. The number of ether oxygens (including phenoxy) is 2. The highest BCUT2D eigenvalue weighted by Gasteiger charge is 2.47. The molecule has 0 fully saturated rings. The SMILES string of the molecule is Cc1c(C)c2c(c(C)c1O)CCC(C)(C(=O)N(c1ccccc1)C(C(=O)NCCc1ccccc1)c1cccc(OCCCO[N+](=O)[O-])c1)O2. The molecule has 2 N–H and O–H groups in total. The maximum Gasteiger partial charge on any atom is 0.294 e. The summed E-state index contributed by atoms with van der Waals surface area (Å²) in [4.78, 5) is 45.9. The van der Waals surface area contributed by atoms with Gasteiger partial charge in [0.15, 0.2) is 5.60 Å². The summed E-state index contributed by atoms with van der Waals surface area (Å²) in [5.74, 6) is 0.450. The Hall–Kier alpha value is -5.58. The van der Waals surface area contributed by atoms with Crippen LogP contribution in [0.1, 0.15) is 59.2 Å². The fourth-order valence-electron chi connectivity index (χ4n) is 6.28. The van der Waals surface area contributed by atoms with Crippen LogP contribution in [0.2, 0.25) is 0 Å². The molecule has 0 spiro atoms. The first-order valence-corrected chi connectivity index (χ1v) is 16.7. The van der Waals surface area contributed by atoms with E-state index in [1.807, 2.05) is 69.3 Å². The molecule has 0 saturated heterocycles. The number of hydrogen-bond acceptors (Lipinski definition) is 8. The zero-order valence-electron chi connectivity index (χ0n) is 28.8. The van der Waals surface area contributed by atoms with Gasteiger partial charge in [-0.15, -0.1) is 10.1 Å². The molecular formula is C39H43N3O8. The summed E-state index contributed by atoms with van der Waals surface area (Å²) in [5, 5.41) is 23.5. The summed E-state index contributed by atoms with van der Waals surface area (Å²) in [5.41, 5.74) is 3.77. The van der Waals surface area contributed by atoms with E-state index in [1.165, 1.54) is 4.90 Å². The number of fused-ring (bicyclic) bond motifs is 1. The molecule has 2 amide bonds. The van der Waals surface area contributed by atoms with E-state index < -0.39 is 22.6 Å². The van der Waals surface area contributed by atoms with Crippen molar-refractivity contribution in [1.29, 1.82) is 0 Å². The highest BCUT2D eigenvalue weighted by atomic mass is 16.9. The van der Waals surface area contributed by atoms with Gasteiger partial charge in [0.05, 0.1) is 13.2 Å². The lowest BCUT2D eigenvalue weighted by molar-refractivity contribution is -0.757. The largest absolute Gasteiger partial charge is 0.507 e. The fourth-order valence-corrected chi connectivity index (χ4v) is 6.28. The van der Waals surface area contributed by atoms with Crippen LogP contribution in [0.15, 0.2) is 84.9 Å². The van der Waals surface area contributed by atoms with Crippen LogP contribution in [0.4, 0.5) is 5.69 Å². The number of hydrogen-bond donors (Lipinski definition) is 2. The van der Waals surface area contributed by atoms with Crippen molar-refractivity contribution in [2.45, 2.75) is 65.0 Å². The van der Waals surface area contributed by atoms with Crippen LogP contribution in [0.5, 0.6) is 17.2 Å². The second-order valence-corrected chi connectivity index (χ2v) is 12.6. The van der Waals surface area contributed by atoms with Crippen molar-refractivity contribution in [2.75, 3.05) is 24.7 Å². The van der Waals surface area contributed by atoms with Gasteiger partial charge in [0.2, 0.25) is 5.91 Å². The molecule has 1 aliphatic rings. The average Bonchev–Trinajstić information content (AvgIpc) is 3.12. The summed E-state index contributed by atoms with van der Waals surface area (Å²) < 4.78 is 12.5. The van der Waals surface area contributed by atoms with Crippen molar-refractivity contribution in [2.24, 2.45) is 0 Å². The number of amides is 2. The van der Waals surface area contributed by atoms with Gasteiger partial charge in [-0.1, -0.05) is 60.7 Å². The minimum Gasteiger partial charge on any atom is -0.507 e. The predicted molar refractivity (Wildman–Crippen MR) is 189 cm³/mol. The molecule has 0 bridgehead atoms. The topological polar surface area (TPSA) is 140 Å². The van der Waals surface area contributed by atoms with Gasteiger partial charge in [0.1, 0.15) is 23.3 Å². The third-order valence-corrected chi connectivity index (χ3v) is 9.22. The molecular weight excluding hydrogens is 638 g/mol. The van der Waals surface area contributed by atoms with Gasteiger partial charge >= 0.3 is 0 Å². The fraction of sp³-hybridized carbons (Fsp3) is 0.333. The Bertz CT molecular complexity index is 1830. The Morgan fingerprint density at radius 3 is 2.38 bits per heavy atom. The average molecular weight is 682 g/mol. The number of benzene rings is 4. The van der Waals surface area contributed by atoms with Crippen LogP contribution >= 0.6 is 0 Å². The quantitative estimate of drug-likeness (QED) is 0.0872. The van der Waals surface area contributed by atoms with E-state index in [4.69, 9.17) is 9.47 Å². The molecule has 1 aliphatic heterocycles. The highest BCUT2D eigenvalue weighted by molar-refractivity contribution is 6.05. The molecule has 4 aromatic carbocycles. The number of phenolic OH excluding ortho intramolecular Hbond substituents is 1. The lowest BCUT2D eigenvalue weighted by Crippen LogP contribution is -2.56.